The highest BCUT2D eigenvalue weighted by molar-refractivity contribution is 6.30. The maximum Gasteiger partial charge on any atom is 0.279 e. The molecule has 6 nitrogen and oxygen atoms in total. The van der Waals surface area contributed by atoms with Gasteiger partial charge in [-0.2, -0.15) is 0 Å². The van der Waals surface area contributed by atoms with Crippen LogP contribution < -0.4 is 20.3 Å². The zero-order chi connectivity index (χ0) is 20.9. The van der Waals surface area contributed by atoms with Crippen molar-refractivity contribution in [1.82, 2.24) is 5.43 Å². The van der Waals surface area contributed by atoms with Crippen LogP contribution in [0.3, 0.4) is 0 Å². The number of rotatable bonds is 7. The number of hydrazine groups is 1. The van der Waals surface area contributed by atoms with Crippen molar-refractivity contribution in [1.29, 1.82) is 0 Å². The summed E-state index contributed by atoms with van der Waals surface area (Å²) in [4.78, 5) is 13.1. The Morgan fingerprint density at radius 1 is 0.828 bits per heavy atom. The third-order valence-electron chi connectivity index (χ3n) is 4.51. The summed E-state index contributed by atoms with van der Waals surface area (Å²) in [5.41, 5.74) is 4.81. The van der Waals surface area contributed by atoms with Crippen LogP contribution in [0.2, 0.25) is 5.02 Å². The zero-order valence-corrected chi connectivity index (χ0v) is 16.7. The molecule has 1 amide bonds. The minimum absolute atomic E-state index is 0.388. The van der Waals surface area contributed by atoms with Crippen molar-refractivity contribution >= 4 is 23.2 Å². The summed E-state index contributed by atoms with van der Waals surface area (Å²) < 4.78 is 10.3. The molecule has 0 bridgehead atoms. The monoisotopic (exact) mass is 412 g/mol. The van der Waals surface area contributed by atoms with E-state index in [1.54, 1.807) is 87.0 Å². The van der Waals surface area contributed by atoms with Crippen LogP contribution in [0.15, 0.2) is 72.8 Å². The maximum absolute atomic E-state index is 13.1. The van der Waals surface area contributed by atoms with Gasteiger partial charge >= 0.3 is 0 Å². The molecule has 150 valence electrons. The van der Waals surface area contributed by atoms with E-state index in [1.165, 1.54) is 0 Å². The van der Waals surface area contributed by atoms with Gasteiger partial charge in [0.1, 0.15) is 11.5 Å². The highest BCUT2D eigenvalue weighted by atomic mass is 35.5. The van der Waals surface area contributed by atoms with Crippen LogP contribution >= 0.6 is 11.6 Å². The van der Waals surface area contributed by atoms with Crippen molar-refractivity contribution in [2.24, 2.45) is 0 Å². The quantitative estimate of drug-likeness (QED) is 0.515. The Hall–Kier alpha value is -3.22. The SMILES string of the molecule is COc1ccc(C(O)(C(=O)NNc2ccc(Cl)cc2)c2ccc(OC)cc2)cc1. The fourth-order valence-corrected chi connectivity index (χ4v) is 2.97. The Morgan fingerprint density at radius 3 is 1.69 bits per heavy atom. The molecule has 0 spiro atoms. The van der Waals surface area contributed by atoms with E-state index < -0.39 is 11.5 Å². The molecule has 0 atom stereocenters. The van der Waals surface area contributed by atoms with Gasteiger partial charge < -0.3 is 14.6 Å². The van der Waals surface area contributed by atoms with Crippen molar-refractivity contribution in [2.75, 3.05) is 19.6 Å². The Bertz CT molecular complexity index is 910. The van der Waals surface area contributed by atoms with Gasteiger partial charge in [0.15, 0.2) is 5.60 Å². The van der Waals surface area contributed by atoms with Crippen LogP contribution in [0.1, 0.15) is 11.1 Å². The van der Waals surface area contributed by atoms with E-state index in [2.05, 4.69) is 10.9 Å². The van der Waals surface area contributed by atoms with Gasteiger partial charge in [-0.25, -0.2) is 0 Å². The summed E-state index contributed by atoms with van der Waals surface area (Å²) in [5, 5.41) is 12.1. The highest BCUT2D eigenvalue weighted by Crippen LogP contribution is 2.32. The molecule has 0 radical (unpaired) electrons. The van der Waals surface area contributed by atoms with Crippen molar-refractivity contribution < 1.29 is 19.4 Å². The van der Waals surface area contributed by atoms with E-state index in [1.807, 2.05) is 0 Å². The molecule has 0 aliphatic rings. The molecule has 0 aromatic heterocycles. The van der Waals surface area contributed by atoms with Gasteiger partial charge in [0, 0.05) is 5.02 Å². The molecule has 0 saturated carbocycles. The van der Waals surface area contributed by atoms with Gasteiger partial charge in [0.05, 0.1) is 19.9 Å². The van der Waals surface area contributed by atoms with Gasteiger partial charge in [0.2, 0.25) is 0 Å². The lowest BCUT2D eigenvalue weighted by atomic mass is 9.85. The molecule has 3 aromatic carbocycles. The average Bonchev–Trinajstić information content (AvgIpc) is 2.78. The maximum atomic E-state index is 13.1. The molecule has 3 rings (SSSR count). The number of amides is 1. The van der Waals surface area contributed by atoms with E-state index in [0.717, 1.165) is 0 Å². The molecule has 0 saturated heterocycles. The van der Waals surface area contributed by atoms with Gasteiger partial charge in [-0.15, -0.1) is 0 Å². The zero-order valence-electron chi connectivity index (χ0n) is 16.0. The summed E-state index contributed by atoms with van der Waals surface area (Å²) in [6.45, 7) is 0. The molecule has 3 N–H and O–H groups in total. The largest absolute Gasteiger partial charge is 0.497 e. The predicted octanol–water partition coefficient (Wildman–Crippen LogP) is 3.74. The number of carbonyl (C=O) groups is 1. The molecule has 0 fully saturated rings. The molecule has 7 heteroatoms. The normalized spacial score (nSPS) is 10.9. The van der Waals surface area contributed by atoms with Gasteiger partial charge in [0.25, 0.3) is 5.91 Å². The predicted molar refractivity (Wildman–Crippen MR) is 112 cm³/mol. The lowest BCUT2D eigenvalue weighted by Gasteiger charge is -2.28. The van der Waals surface area contributed by atoms with Crippen molar-refractivity contribution in [3.05, 3.63) is 88.9 Å². The average molecular weight is 413 g/mol. The van der Waals surface area contributed by atoms with Crippen LogP contribution in [0, 0.1) is 0 Å². The second kappa shape index (κ2) is 8.86. The van der Waals surface area contributed by atoms with Crippen molar-refractivity contribution in [2.45, 2.75) is 5.60 Å². The number of hydrogen-bond donors (Lipinski definition) is 3. The van der Waals surface area contributed by atoms with Gasteiger partial charge in [-0.05, 0) is 59.7 Å². The summed E-state index contributed by atoms with van der Waals surface area (Å²) in [6.07, 6.45) is 0. The summed E-state index contributed by atoms with van der Waals surface area (Å²) in [6, 6.07) is 20.1. The van der Waals surface area contributed by atoms with Gasteiger partial charge in [-0.1, -0.05) is 35.9 Å². The molecule has 29 heavy (non-hydrogen) atoms. The number of ether oxygens (including phenoxy) is 2. The Kier molecular flexibility index (Phi) is 6.26. The number of benzene rings is 3. The smallest absolute Gasteiger partial charge is 0.279 e. The van der Waals surface area contributed by atoms with E-state index in [0.29, 0.717) is 33.3 Å². The molecule has 0 heterocycles. The molecule has 3 aromatic rings. The number of aliphatic hydroxyl groups is 1. The first-order valence-electron chi connectivity index (χ1n) is 8.81. The van der Waals surface area contributed by atoms with Crippen LogP contribution in [0.5, 0.6) is 11.5 Å². The van der Waals surface area contributed by atoms with E-state index in [-0.39, 0.29) is 0 Å². The van der Waals surface area contributed by atoms with Crippen LogP contribution in [0.25, 0.3) is 0 Å². The van der Waals surface area contributed by atoms with Gasteiger partial charge in [-0.3, -0.25) is 15.6 Å². The Balaban J connectivity index is 1.93. The first kappa shape index (κ1) is 20.5. The second-order valence-corrected chi connectivity index (χ2v) is 6.69. The number of halogens is 1. The number of nitrogens with one attached hydrogen (secondary N) is 2. The number of methoxy groups -OCH3 is 2. The minimum atomic E-state index is -1.95. The highest BCUT2D eigenvalue weighted by Gasteiger charge is 2.40. The first-order chi connectivity index (χ1) is 14.0. The molecule has 0 aliphatic heterocycles. The summed E-state index contributed by atoms with van der Waals surface area (Å²) >= 11 is 5.88. The molecule has 0 aliphatic carbocycles. The standard InChI is InChI=1S/C22H21ClN2O4/c1-28-19-11-3-15(4-12-19)22(27,16-5-13-20(29-2)14-6-16)21(26)25-24-18-9-7-17(23)8-10-18/h3-14,24,27H,1-2H3,(H,25,26). The van der Waals surface area contributed by atoms with Crippen LogP contribution in [-0.2, 0) is 10.4 Å². The summed E-state index contributed by atoms with van der Waals surface area (Å²) in [7, 11) is 3.10. The van der Waals surface area contributed by atoms with E-state index in [9.17, 15) is 9.90 Å². The molecular formula is C22H21ClN2O4. The Labute approximate surface area is 174 Å². The fourth-order valence-electron chi connectivity index (χ4n) is 2.85. The minimum Gasteiger partial charge on any atom is -0.497 e. The fraction of sp³-hybridized carbons (Fsp3) is 0.136. The number of carbonyl (C=O) groups excluding carboxylic acids is 1. The van der Waals surface area contributed by atoms with Crippen molar-refractivity contribution in [3.8, 4) is 11.5 Å². The van der Waals surface area contributed by atoms with E-state index in [4.69, 9.17) is 21.1 Å². The lowest BCUT2D eigenvalue weighted by molar-refractivity contribution is -0.136. The topological polar surface area (TPSA) is 79.8 Å². The Morgan fingerprint density at radius 2 is 1.28 bits per heavy atom. The second-order valence-electron chi connectivity index (χ2n) is 6.25. The van der Waals surface area contributed by atoms with Crippen LogP contribution in [-0.4, -0.2) is 25.2 Å². The summed E-state index contributed by atoms with van der Waals surface area (Å²) in [5.74, 6) is 0.582. The third-order valence-corrected chi connectivity index (χ3v) is 4.76. The first-order valence-corrected chi connectivity index (χ1v) is 9.18. The van der Waals surface area contributed by atoms with E-state index >= 15 is 0 Å². The third kappa shape index (κ3) is 4.45. The van der Waals surface area contributed by atoms with Crippen molar-refractivity contribution in [3.63, 3.8) is 0 Å². The number of hydrogen-bond acceptors (Lipinski definition) is 5. The number of anilines is 1. The van der Waals surface area contributed by atoms with Crippen LogP contribution in [0.4, 0.5) is 5.69 Å². The molecular weight excluding hydrogens is 392 g/mol. The molecule has 0 unspecified atom stereocenters. The lowest BCUT2D eigenvalue weighted by Crippen LogP contribution is -2.47.